The average Bonchev–Trinajstić information content (AvgIpc) is 2.55. The van der Waals surface area contributed by atoms with Crippen molar-refractivity contribution < 1.29 is 0 Å². The summed E-state index contributed by atoms with van der Waals surface area (Å²) >= 11 is 0. The average molecular weight is 206 g/mol. The summed E-state index contributed by atoms with van der Waals surface area (Å²) in [5, 5.41) is 8.02. The van der Waals surface area contributed by atoms with Gasteiger partial charge in [-0.2, -0.15) is 5.10 Å². The number of anilines is 2. The zero-order chi connectivity index (χ0) is 10.4. The van der Waals surface area contributed by atoms with E-state index < -0.39 is 0 Å². The maximum absolute atomic E-state index is 4.50. The molecule has 0 amide bonds. The number of rotatable bonds is 0. The molecular formula is C11H18N4. The summed E-state index contributed by atoms with van der Waals surface area (Å²) in [6.07, 6.45) is 4.01. The zero-order valence-electron chi connectivity index (χ0n) is 9.45. The summed E-state index contributed by atoms with van der Waals surface area (Å²) in [7, 11) is 2.05. The molecule has 1 aromatic heterocycles. The van der Waals surface area contributed by atoms with Gasteiger partial charge in [0, 0.05) is 26.2 Å². The predicted molar refractivity (Wildman–Crippen MR) is 61.4 cm³/mol. The molecule has 1 aromatic rings. The van der Waals surface area contributed by atoms with Crippen LogP contribution in [0.3, 0.4) is 0 Å². The largest absolute Gasteiger partial charge is 0.378 e. The van der Waals surface area contributed by atoms with Crippen LogP contribution < -0.4 is 10.2 Å². The lowest BCUT2D eigenvalue weighted by Crippen LogP contribution is -2.47. The van der Waals surface area contributed by atoms with E-state index >= 15 is 0 Å². The highest BCUT2D eigenvalue weighted by Gasteiger charge is 2.31. The molecule has 0 bridgehead atoms. The van der Waals surface area contributed by atoms with Gasteiger partial charge in [-0.1, -0.05) is 0 Å². The maximum atomic E-state index is 4.50. The van der Waals surface area contributed by atoms with Crippen molar-refractivity contribution in [1.82, 2.24) is 9.78 Å². The first-order chi connectivity index (χ1) is 7.27. The lowest BCUT2D eigenvalue weighted by atomic mass is 10.00. The Morgan fingerprint density at radius 2 is 2.27 bits per heavy atom. The van der Waals surface area contributed by atoms with Crippen LogP contribution in [0.4, 0.5) is 11.5 Å². The molecule has 0 radical (unpaired) electrons. The van der Waals surface area contributed by atoms with E-state index in [9.17, 15) is 0 Å². The summed E-state index contributed by atoms with van der Waals surface area (Å²) in [5.74, 6) is 1.29. The fraction of sp³-hybridized carbons (Fsp3) is 0.727. The fourth-order valence-electron chi connectivity index (χ4n) is 2.89. The van der Waals surface area contributed by atoms with Gasteiger partial charge >= 0.3 is 0 Å². The van der Waals surface area contributed by atoms with Crippen LogP contribution in [0, 0.1) is 6.92 Å². The van der Waals surface area contributed by atoms with Crippen LogP contribution in [0.5, 0.6) is 0 Å². The minimum Gasteiger partial charge on any atom is -0.378 e. The molecule has 1 atom stereocenters. The second-order valence-electron chi connectivity index (χ2n) is 4.63. The number of hydrogen-bond donors (Lipinski definition) is 1. The molecule has 0 saturated carbocycles. The van der Waals surface area contributed by atoms with Crippen LogP contribution in [0.1, 0.15) is 25.0 Å². The fourth-order valence-corrected chi connectivity index (χ4v) is 2.89. The third kappa shape index (κ3) is 1.24. The standard InChI is InChI=1S/C11H18N4/c1-8-10-11(14(2)13-8)15-6-4-3-5-9(15)7-12-10/h9,12H,3-7H2,1-2H3/t9-/m0/s1. The summed E-state index contributed by atoms with van der Waals surface area (Å²) in [6, 6.07) is 0.682. The molecule has 0 spiro atoms. The van der Waals surface area contributed by atoms with E-state index in [1.165, 1.54) is 37.3 Å². The highest BCUT2D eigenvalue weighted by atomic mass is 15.4. The van der Waals surface area contributed by atoms with E-state index in [-0.39, 0.29) is 0 Å². The molecule has 1 fully saturated rings. The van der Waals surface area contributed by atoms with Gasteiger partial charge in [0.1, 0.15) is 5.69 Å². The van der Waals surface area contributed by atoms with E-state index in [4.69, 9.17) is 0 Å². The number of aryl methyl sites for hydroxylation is 2. The summed E-state index contributed by atoms with van der Waals surface area (Å²) in [6.45, 7) is 4.36. The molecule has 0 aliphatic carbocycles. The van der Waals surface area contributed by atoms with Gasteiger partial charge in [0.15, 0.2) is 5.82 Å². The van der Waals surface area contributed by atoms with Crippen molar-refractivity contribution in [2.45, 2.75) is 32.2 Å². The normalized spacial score (nSPS) is 24.4. The third-order valence-electron chi connectivity index (χ3n) is 3.61. The van der Waals surface area contributed by atoms with Crippen LogP contribution >= 0.6 is 0 Å². The van der Waals surface area contributed by atoms with Crippen LogP contribution in [-0.4, -0.2) is 28.9 Å². The Hall–Kier alpha value is -1.19. The highest BCUT2D eigenvalue weighted by molar-refractivity contribution is 5.72. The number of piperidine rings is 1. The van der Waals surface area contributed by atoms with E-state index in [1.807, 2.05) is 11.7 Å². The van der Waals surface area contributed by atoms with E-state index in [2.05, 4.69) is 22.2 Å². The molecule has 82 valence electrons. The molecule has 0 unspecified atom stereocenters. The van der Waals surface area contributed by atoms with Gasteiger partial charge in [0.05, 0.1) is 5.69 Å². The number of nitrogens with zero attached hydrogens (tertiary/aromatic N) is 3. The van der Waals surface area contributed by atoms with Gasteiger partial charge in [0.25, 0.3) is 0 Å². The van der Waals surface area contributed by atoms with Crippen LogP contribution in [-0.2, 0) is 7.05 Å². The smallest absolute Gasteiger partial charge is 0.150 e. The van der Waals surface area contributed by atoms with Gasteiger partial charge in [-0.15, -0.1) is 0 Å². The highest BCUT2D eigenvalue weighted by Crippen LogP contribution is 2.36. The van der Waals surface area contributed by atoms with Crippen molar-refractivity contribution in [2.24, 2.45) is 7.05 Å². The molecule has 1 N–H and O–H groups in total. The van der Waals surface area contributed by atoms with E-state index in [1.54, 1.807) is 0 Å². The van der Waals surface area contributed by atoms with Crippen molar-refractivity contribution in [1.29, 1.82) is 0 Å². The second-order valence-corrected chi connectivity index (χ2v) is 4.63. The monoisotopic (exact) mass is 206 g/mol. The van der Waals surface area contributed by atoms with E-state index in [0.717, 1.165) is 12.2 Å². The molecule has 3 heterocycles. The van der Waals surface area contributed by atoms with Crippen molar-refractivity contribution in [2.75, 3.05) is 23.3 Å². The number of hydrogen-bond acceptors (Lipinski definition) is 3. The molecule has 1 saturated heterocycles. The Morgan fingerprint density at radius 1 is 1.40 bits per heavy atom. The lowest BCUT2D eigenvalue weighted by molar-refractivity contribution is 0.456. The second kappa shape index (κ2) is 3.15. The summed E-state index contributed by atoms with van der Waals surface area (Å²) in [4.78, 5) is 2.54. The Kier molecular flexibility index (Phi) is 1.90. The predicted octanol–water partition coefficient (Wildman–Crippen LogP) is 1.51. The lowest BCUT2D eigenvalue weighted by Gasteiger charge is -2.41. The van der Waals surface area contributed by atoms with E-state index in [0.29, 0.717) is 6.04 Å². The first kappa shape index (κ1) is 9.07. The number of aromatic nitrogens is 2. The molecule has 4 heteroatoms. The first-order valence-corrected chi connectivity index (χ1v) is 5.81. The Morgan fingerprint density at radius 3 is 3.13 bits per heavy atom. The molecule has 2 aliphatic heterocycles. The third-order valence-corrected chi connectivity index (χ3v) is 3.61. The van der Waals surface area contributed by atoms with Crippen molar-refractivity contribution in [3.05, 3.63) is 5.69 Å². The van der Waals surface area contributed by atoms with Gasteiger partial charge in [-0.05, 0) is 26.2 Å². The summed E-state index contributed by atoms with van der Waals surface area (Å²) < 4.78 is 2.02. The molecule has 0 aromatic carbocycles. The van der Waals surface area contributed by atoms with Crippen molar-refractivity contribution >= 4 is 11.5 Å². The van der Waals surface area contributed by atoms with Crippen molar-refractivity contribution in [3.63, 3.8) is 0 Å². The SMILES string of the molecule is Cc1nn(C)c2c1NC[C@@H]1CCCCN21. The maximum Gasteiger partial charge on any atom is 0.150 e. The zero-order valence-corrected chi connectivity index (χ0v) is 9.45. The summed E-state index contributed by atoms with van der Waals surface area (Å²) in [5.41, 5.74) is 2.37. The van der Waals surface area contributed by atoms with Gasteiger partial charge in [-0.25, -0.2) is 0 Å². The minimum atomic E-state index is 0.682. The van der Waals surface area contributed by atoms with Crippen LogP contribution in [0.2, 0.25) is 0 Å². The van der Waals surface area contributed by atoms with Crippen molar-refractivity contribution in [3.8, 4) is 0 Å². The number of fused-ring (bicyclic) bond motifs is 3. The molecule has 2 aliphatic rings. The molecule has 4 nitrogen and oxygen atoms in total. The van der Waals surface area contributed by atoms with Crippen LogP contribution in [0.25, 0.3) is 0 Å². The number of nitrogens with one attached hydrogen (secondary N) is 1. The van der Waals surface area contributed by atoms with Gasteiger partial charge in [-0.3, -0.25) is 4.68 Å². The van der Waals surface area contributed by atoms with Crippen LogP contribution in [0.15, 0.2) is 0 Å². The quantitative estimate of drug-likeness (QED) is 0.698. The Bertz CT molecular complexity index is 382. The minimum absolute atomic E-state index is 0.682. The van der Waals surface area contributed by atoms with Gasteiger partial charge < -0.3 is 10.2 Å². The van der Waals surface area contributed by atoms with Gasteiger partial charge in [0.2, 0.25) is 0 Å². The molecule has 3 rings (SSSR count). The first-order valence-electron chi connectivity index (χ1n) is 5.81. The Labute approximate surface area is 90.3 Å². The topological polar surface area (TPSA) is 33.1 Å². The molecular weight excluding hydrogens is 188 g/mol. The molecule has 15 heavy (non-hydrogen) atoms. The Balaban J connectivity index is 2.05.